The Hall–Kier alpha value is -2.84. The molecule has 0 aliphatic heterocycles. The predicted molar refractivity (Wildman–Crippen MR) is 101 cm³/mol. The summed E-state index contributed by atoms with van der Waals surface area (Å²) in [6.07, 6.45) is 1.90. The lowest BCUT2D eigenvalue weighted by atomic mass is 10.0. The van der Waals surface area contributed by atoms with E-state index in [0.29, 0.717) is 0 Å². The van der Waals surface area contributed by atoms with Gasteiger partial charge in [0.1, 0.15) is 6.33 Å². The highest BCUT2D eigenvalue weighted by atomic mass is 35.5. The molecule has 0 aliphatic rings. The molecule has 1 heterocycles. The maximum absolute atomic E-state index is 6.15. The molecule has 0 saturated heterocycles. The first kappa shape index (κ1) is 13.6. The molecule has 3 heteroatoms. The molecular weight excluding hydrogens is 316 g/mol. The first-order chi connectivity index (χ1) is 11.8. The van der Waals surface area contributed by atoms with E-state index in [2.05, 4.69) is 47.0 Å². The highest BCUT2D eigenvalue weighted by molar-refractivity contribution is 6.32. The average molecular weight is 329 g/mol. The fourth-order valence-corrected chi connectivity index (χ4v) is 3.57. The number of hydrogen-bond donors (Lipinski definition) is 0. The molecule has 24 heavy (non-hydrogen) atoms. The second kappa shape index (κ2) is 5.08. The van der Waals surface area contributed by atoms with Crippen molar-refractivity contribution in [2.24, 2.45) is 0 Å². The molecule has 0 aliphatic carbocycles. The van der Waals surface area contributed by atoms with Crippen molar-refractivity contribution in [2.45, 2.75) is 0 Å². The summed E-state index contributed by atoms with van der Waals surface area (Å²) in [6.45, 7) is 0. The lowest BCUT2D eigenvalue weighted by Gasteiger charge is -2.07. The summed E-state index contributed by atoms with van der Waals surface area (Å²) in [6, 6.07) is 24.9. The first-order valence-electron chi connectivity index (χ1n) is 7.85. The van der Waals surface area contributed by atoms with E-state index in [4.69, 9.17) is 16.6 Å². The molecule has 5 rings (SSSR count). The molecule has 1 aromatic heterocycles. The molecule has 0 unspecified atom stereocenters. The Bertz CT molecular complexity index is 1210. The number of rotatable bonds is 1. The van der Waals surface area contributed by atoms with Crippen molar-refractivity contribution in [1.29, 1.82) is 0 Å². The zero-order valence-corrected chi connectivity index (χ0v) is 13.5. The summed E-state index contributed by atoms with van der Waals surface area (Å²) in [5, 5.41) is 5.44. The largest absolute Gasteiger partial charge is 0.299 e. The third-order valence-corrected chi connectivity index (χ3v) is 4.75. The van der Waals surface area contributed by atoms with Gasteiger partial charge >= 0.3 is 0 Å². The van der Waals surface area contributed by atoms with Crippen molar-refractivity contribution in [2.75, 3.05) is 0 Å². The molecule has 4 aromatic carbocycles. The summed E-state index contributed by atoms with van der Waals surface area (Å²) >= 11 is 6.15. The van der Waals surface area contributed by atoms with Gasteiger partial charge in [0.15, 0.2) is 0 Å². The molecule has 0 radical (unpaired) electrons. The minimum Gasteiger partial charge on any atom is -0.299 e. The molecular formula is C21H13ClN2. The molecule has 114 valence electrons. The van der Waals surface area contributed by atoms with Crippen LogP contribution in [0, 0.1) is 0 Å². The number of benzene rings is 4. The van der Waals surface area contributed by atoms with Gasteiger partial charge in [-0.05, 0) is 46.5 Å². The number of halogens is 1. The molecule has 0 saturated carbocycles. The molecule has 0 N–H and O–H groups in total. The number of aromatic nitrogens is 2. The molecule has 0 fully saturated rings. The maximum Gasteiger partial charge on any atom is 0.100 e. The van der Waals surface area contributed by atoms with Crippen LogP contribution in [0.3, 0.4) is 0 Å². The van der Waals surface area contributed by atoms with Gasteiger partial charge in [0.05, 0.1) is 11.0 Å². The number of imidazole rings is 1. The van der Waals surface area contributed by atoms with Gasteiger partial charge in [0.25, 0.3) is 0 Å². The van der Waals surface area contributed by atoms with E-state index in [0.717, 1.165) is 27.1 Å². The predicted octanol–water partition coefficient (Wildman–Crippen LogP) is 5.99. The van der Waals surface area contributed by atoms with Crippen molar-refractivity contribution < 1.29 is 0 Å². The Morgan fingerprint density at radius 2 is 1.58 bits per heavy atom. The average Bonchev–Trinajstić information content (AvgIpc) is 3.06. The Morgan fingerprint density at radius 1 is 0.792 bits per heavy atom. The van der Waals surface area contributed by atoms with Crippen molar-refractivity contribution >= 4 is 44.2 Å². The van der Waals surface area contributed by atoms with Crippen molar-refractivity contribution in [3.05, 3.63) is 84.1 Å². The summed E-state index contributed by atoms with van der Waals surface area (Å²) < 4.78 is 2.13. The zero-order valence-electron chi connectivity index (χ0n) is 12.8. The van der Waals surface area contributed by atoms with Crippen LogP contribution in [0.5, 0.6) is 0 Å². The van der Waals surface area contributed by atoms with Gasteiger partial charge in [0, 0.05) is 16.1 Å². The lowest BCUT2D eigenvalue weighted by Crippen LogP contribution is -1.90. The van der Waals surface area contributed by atoms with Crippen LogP contribution in [0.25, 0.3) is 38.3 Å². The second-order valence-electron chi connectivity index (χ2n) is 5.91. The van der Waals surface area contributed by atoms with Crippen LogP contribution in [0.1, 0.15) is 0 Å². The van der Waals surface area contributed by atoms with E-state index in [1.165, 1.54) is 16.2 Å². The quantitative estimate of drug-likeness (QED) is 0.346. The lowest BCUT2D eigenvalue weighted by molar-refractivity contribution is 1.09. The van der Waals surface area contributed by atoms with Crippen molar-refractivity contribution in [3.8, 4) is 5.69 Å². The van der Waals surface area contributed by atoms with Crippen molar-refractivity contribution in [1.82, 2.24) is 9.55 Å². The van der Waals surface area contributed by atoms with E-state index in [-0.39, 0.29) is 0 Å². The van der Waals surface area contributed by atoms with Gasteiger partial charge in [-0.1, -0.05) is 54.1 Å². The molecule has 0 spiro atoms. The zero-order chi connectivity index (χ0) is 16.1. The first-order valence-corrected chi connectivity index (χ1v) is 8.22. The van der Waals surface area contributed by atoms with Gasteiger partial charge in [-0.15, -0.1) is 0 Å². The summed E-state index contributed by atoms with van der Waals surface area (Å²) in [4.78, 5) is 4.73. The molecule has 0 atom stereocenters. The van der Waals surface area contributed by atoms with E-state index < -0.39 is 0 Å². The number of para-hydroxylation sites is 1. The Balaban J connectivity index is 1.92. The maximum atomic E-state index is 6.15. The van der Waals surface area contributed by atoms with E-state index in [1.54, 1.807) is 0 Å². The summed E-state index contributed by atoms with van der Waals surface area (Å²) in [5.74, 6) is 0. The minimum absolute atomic E-state index is 0.754. The van der Waals surface area contributed by atoms with E-state index in [1.807, 2.05) is 36.7 Å². The SMILES string of the molecule is Clc1ccc2c(ccc3ccc4c(ncn4-c4ccccc4)c32)c1. The van der Waals surface area contributed by atoms with Gasteiger partial charge < -0.3 is 0 Å². The van der Waals surface area contributed by atoms with E-state index >= 15 is 0 Å². The fraction of sp³-hybridized carbons (Fsp3) is 0. The van der Waals surface area contributed by atoms with Crippen LogP contribution in [0.15, 0.2) is 79.1 Å². The van der Waals surface area contributed by atoms with Crippen LogP contribution in [-0.2, 0) is 0 Å². The van der Waals surface area contributed by atoms with Crippen molar-refractivity contribution in [3.63, 3.8) is 0 Å². The van der Waals surface area contributed by atoms with Gasteiger partial charge in [0.2, 0.25) is 0 Å². The third kappa shape index (κ3) is 1.93. The molecule has 5 aromatic rings. The third-order valence-electron chi connectivity index (χ3n) is 4.51. The smallest absolute Gasteiger partial charge is 0.100 e. The Kier molecular flexibility index (Phi) is 2.88. The molecule has 0 bridgehead atoms. The number of nitrogens with zero attached hydrogens (tertiary/aromatic N) is 2. The molecule has 0 amide bonds. The van der Waals surface area contributed by atoms with Crippen LogP contribution in [-0.4, -0.2) is 9.55 Å². The Morgan fingerprint density at radius 3 is 2.46 bits per heavy atom. The fourth-order valence-electron chi connectivity index (χ4n) is 3.39. The standard InChI is InChI=1S/C21H13ClN2/c22-16-9-10-18-15(12-16)7-6-14-8-11-19-21(20(14)18)23-13-24(19)17-4-2-1-3-5-17/h1-13H. The topological polar surface area (TPSA) is 17.8 Å². The van der Waals surface area contributed by atoms with E-state index in [9.17, 15) is 0 Å². The van der Waals surface area contributed by atoms with Crippen LogP contribution >= 0.6 is 11.6 Å². The van der Waals surface area contributed by atoms with Gasteiger partial charge in [-0.3, -0.25) is 4.57 Å². The van der Waals surface area contributed by atoms with Crippen LogP contribution in [0.4, 0.5) is 0 Å². The molecule has 2 nitrogen and oxygen atoms in total. The summed E-state index contributed by atoms with van der Waals surface area (Å²) in [5.41, 5.74) is 3.24. The monoisotopic (exact) mass is 328 g/mol. The van der Waals surface area contributed by atoms with Crippen LogP contribution in [0.2, 0.25) is 5.02 Å². The van der Waals surface area contributed by atoms with Gasteiger partial charge in [-0.25, -0.2) is 4.98 Å². The van der Waals surface area contributed by atoms with Crippen LogP contribution < -0.4 is 0 Å². The second-order valence-corrected chi connectivity index (χ2v) is 6.35. The highest BCUT2D eigenvalue weighted by Crippen LogP contribution is 2.33. The minimum atomic E-state index is 0.754. The highest BCUT2D eigenvalue weighted by Gasteiger charge is 2.11. The number of hydrogen-bond acceptors (Lipinski definition) is 1. The Labute approximate surface area is 143 Å². The number of fused-ring (bicyclic) bond motifs is 5. The van der Waals surface area contributed by atoms with Gasteiger partial charge in [-0.2, -0.15) is 0 Å². The normalized spacial score (nSPS) is 11.5. The summed E-state index contributed by atoms with van der Waals surface area (Å²) in [7, 11) is 0.